The fraction of sp³-hybridized carbons (Fsp3) is 0.500. The van der Waals surface area contributed by atoms with E-state index < -0.39 is 0 Å². The molecule has 2 aromatic rings. The van der Waals surface area contributed by atoms with Crippen molar-refractivity contribution < 1.29 is 0 Å². The molecule has 1 aromatic carbocycles. The van der Waals surface area contributed by atoms with Crippen molar-refractivity contribution in [1.82, 2.24) is 10.3 Å². The summed E-state index contributed by atoms with van der Waals surface area (Å²) in [5.41, 5.74) is 2.20. The van der Waals surface area contributed by atoms with Crippen LogP contribution in [0.1, 0.15) is 33.4 Å². The van der Waals surface area contributed by atoms with E-state index in [1.54, 1.807) is 0 Å². The summed E-state index contributed by atoms with van der Waals surface area (Å²) in [6.45, 7) is 11.1. The minimum atomic E-state index is 0.715. The number of hydrogen-bond donors (Lipinski definition) is 1. The third kappa shape index (κ3) is 3.80. The molecule has 0 spiro atoms. The van der Waals surface area contributed by atoms with E-state index in [2.05, 4.69) is 63.3 Å². The van der Waals surface area contributed by atoms with Crippen molar-refractivity contribution in [2.24, 2.45) is 17.8 Å². The van der Waals surface area contributed by atoms with Gasteiger partial charge in [-0.2, -0.15) is 0 Å². The Morgan fingerprint density at radius 2 is 1.65 bits per heavy atom. The number of hydrogen-bond acceptors (Lipinski definition) is 2. The first kappa shape index (κ1) is 15.0. The standard InChI is InChI=1S/C18H26N2/c1-13(2)17(14(3)4)12-19-11-16-10-9-15-7-5-6-8-18(15)20-16/h5-10,13-14,17,19H,11-12H2,1-4H3. The Morgan fingerprint density at radius 1 is 0.950 bits per heavy atom. The molecule has 0 atom stereocenters. The molecule has 0 aliphatic carbocycles. The molecule has 0 saturated carbocycles. The van der Waals surface area contributed by atoms with Crippen LogP contribution in [0.3, 0.4) is 0 Å². The molecular formula is C18H26N2. The van der Waals surface area contributed by atoms with E-state index in [-0.39, 0.29) is 0 Å². The average molecular weight is 270 g/mol. The summed E-state index contributed by atoms with van der Waals surface area (Å²) >= 11 is 0. The lowest BCUT2D eigenvalue weighted by Gasteiger charge is -2.25. The molecule has 0 aliphatic rings. The van der Waals surface area contributed by atoms with Crippen LogP contribution in [0, 0.1) is 17.8 Å². The first-order chi connectivity index (χ1) is 9.58. The van der Waals surface area contributed by atoms with Gasteiger partial charge in [0.05, 0.1) is 11.2 Å². The summed E-state index contributed by atoms with van der Waals surface area (Å²) in [7, 11) is 0. The lowest BCUT2D eigenvalue weighted by molar-refractivity contribution is 0.275. The smallest absolute Gasteiger partial charge is 0.0705 e. The minimum Gasteiger partial charge on any atom is -0.311 e. The Morgan fingerprint density at radius 3 is 2.35 bits per heavy atom. The number of rotatable bonds is 6. The predicted molar refractivity (Wildman–Crippen MR) is 86.6 cm³/mol. The molecule has 2 rings (SSSR count). The second-order valence-corrected chi connectivity index (χ2v) is 6.28. The molecule has 0 bridgehead atoms. The van der Waals surface area contributed by atoms with Crippen LogP contribution in [0.25, 0.3) is 10.9 Å². The Bertz CT molecular complexity index is 538. The van der Waals surface area contributed by atoms with Gasteiger partial charge >= 0.3 is 0 Å². The summed E-state index contributed by atoms with van der Waals surface area (Å²) in [4.78, 5) is 4.70. The van der Waals surface area contributed by atoms with E-state index in [0.29, 0.717) is 11.8 Å². The van der Waals surface area contributed by atoms with Crippen LogP contribution in [0.15, 0.2) is 36.4 Å². The molecular weight excluding hydrogens is 244 g/mol. The van der Waals surface area contributed by atoms with Gasteiger partial charge in [0.15, 0.2) is 0 Å². The first-order valence-corrected chi connectivity index (χ1v) is 7.63. The highest BCUT2D eigenvalue weighted by atomic mass is 14.9. The summed E-state index contributed by atoms with van der Waals surface area (Å²) in [5, 5.41) is 4.77. The molecule has 1 heterocycles. The van der Waals surface area contributed by atoms with E-state index in [9.17, 15) is 0 Å². The van der Waals surface area contributed by atoms with E-state index in [0.717, 1.165) is 30.2 Å². The van der Waals surface area contributed by atoms with Crippen LogP contribution in [0.2, 0.25) is 0 Å². The number of nitrogens with one attached hydrogen (secondary N) is 1. The lowest BCUT2D eigenvalue weighted by atomic mass is 9.85. The second-order valence-electron chi connectivity index (χ2n) is 6.28. The van der Waals surface area contributed by atoms with Crippen molar-refractivity contribution in [3.05, 3.63) is 42.1 Å². The molecule has 2 nitrogen and oxygen atoms in total. The normalized spacial score (nSPS) is 11.9. The summed E-state index contributed by atoms with van der Waals surface area (Å²) < 4.78 is 0. The quantitative estimate of drug-likeness (QED) is 0.848. The monoisotopic (exact) mass is 270 g/mol. The van der Waals surface area contributed by atoms with Gasteiger partial charge in [0.25, 0.3) is 0 Å². The van der Waals surface area contributed by atoms with Crippen molar-refractivity contribution in [3.63, 3.8) is 0 Å². The van der Waals surface area contributed by atoms with Crippen LogP contribution in [-0.2, 0) is 6.54 Å². The van der Waals surface area contributed by atoms with Gasteiger partial charge < -0.3 is 5.32 Å². The van der Waals surface area contributed by atoms with Gasteiger partial charge in [0.2, 0.25) is 0 Å². The molecule has 108 valence electrons. The molecule has 0 saturated heterocycles. The SMILES string of the molecule is CC(C)C(CNCc1ccc2ccccc2n1)C(C)C. The van der Waals surface area contributed by atoms with Crippen LogP contribution in [0.5, 0.6) is 0 Å². The molecule has 2 heteroatoms. The van der Waals surface area contributed by atoms with Crippen molar-refractivity contribution in [1.29, 1.82) is 0 Å². The Balaban J connectivity index is 1.95. The zero-order valence-corrected chi connectivity index (χ0v) is 13.1. The zero-order chi connectivity index (χ0) is 14.5. The molecule has 0 amide bonds. The van der Waals surface area contributed by atoms with Gasteiger partial charge in [-0.25, -0.2) is 0 Å². The van der Waals surface area contributed by atoms with Crippen molar-refractivity contribution in [2.45, 2.75) is 34.2 Å². The van der Waals surface area contributed by atoms with E-state index in [4.69, 9.17) is 4.98 Å². The highest BCUT2D eigenvalue weighted by molar-refractivity contribution is 5.78. The zero-order valence-electron chi connectivity index (χ0n) is 13.1. The van der Waals surface area contributed by atoms with Crippen LogP contribution in [0.4, 0.5) is 0 Å². The van der Waals surface area contributed by atoms with E-state index >= 15 is 0 Å². The largest absolute Gasteiger partial charge is 0.311 e. The van der Waals surface area contributed by atoms with Gasteiger partial charge in [-0.3, -0.25) is 4.98 Å². The van der Waals surface area contributed by atoms with Gasteiger partial charge in [-0.1, -0.05) is 52.0 Å². The lowest BCUT2D eigenvalue weighted by Crippen LogP contribution is -2.29. The molecule has 0 radical (unpaired) electrons. The van der Waals surface area contributed by atoms with Crippen molar-refractivity contribution in [3.8, 4) is 0 Å². The molecule has 1 aromatic heterocycles. The Labute approximate surface area is 122 Å². The van der Waals surface area contributed by atoms with Crippen LogP contribution < -0.4 is 5.32 Å². The molecule has 1 N–H and O–H groups in total. The number of para-hydroxylation sites is 1. The predicted octanol–water partition coefficient (Wildman–Crippen LogP) is 4.25. The number of benzene rings is 1. The molecule has 20 heavy (non-hydrogen) atoms. The first-order valence-electron chi connectivity index (χ1n) is 7.63. The fourth-order valence-corrected chi connectivity index (χ4v) is 2.81. The van der Waals surface area contributed by atoms with Crippen LogP contribution >= 0.6 is 0 Å². The highest BCUT2D eigenvalue weighted by Crippen LogP contribution is 2.19. The third-order valence-corrected chi connectivity index (χ3v) is 4.05. The third-order valence-electron chi connectivity index (χ3n) is 4.05. The van der Waals surface area contributed by atoms with E-state index in [1.165, 1.54) is 5.39 Å². The number of aromatic nitrogens is 1. The maximum atomic E-state index is 4.70. The summed E-state index contributed by atoms with van der Waals surface area (Å²) in [6.07, 6.45) is 0. The molecule has 0 fully saturated rings. The summed E-state index contributed by atoms with van der Waals surface area (Å²) in [6, 6.07) is 12.5. The van der Waals surface area contributed by atoms with Gasteiger partial charge in [0, 0.05) is 11.9 Å². The number of pyridine rings is 1. The second kappa shape index (κ2) is 6.85. The maximum Gasteiger partial charge on any atom is 0.0705 e. The van der Waals surface area contributed by atoms with Crippen molar-refractivity contribution in [2.75, 3.05) is 6.54 Å². The summed E-state index contributed by atoms with van der Waals surface area (Å²) in [5.74, 6) is 2.15. The number of fused-ring (bicyclic) bond motifs is 1. The van der Waals surface area contributed by atoms with Gasteiger partial charge in [-0.15, -0.1) is 0 Å². The highest BCUT2D eigenvalue weighted by Gasteiger charge is 2.16. The average Bonchev–Trinajstić information content (AvgIpc) is 2.42. The Kier molecular flexibility index (Phi) is 5.13. The van der Waals surface area contributed by atoms with Crippen molar-refractivity contribution >= 4 is 10.9 Å². The minimum absolute atomic E-state index is 0.715. The molecule has 0 unspecified atom stereocenters. The number of nitrogens with zero attached hydrogens (tertiary/aromatic N) is 1. The van der Waals surface area contributed by atoms with E-state index in [1.807, 2.05) is 6.07 Å². The maximum absolute atomic E-state index is 4.70. The Hall–Kier alpha value is -1.41. The molecule has 0 aliphatic heterocycles. The van der Waals surface area contributed by atoms with Gasteiger partial charge in [-0.05, 0) is 36.4 Å². The topological polar surface area (TPSA) is 24.9 Å². The van der Waals surface area contributed by atoms with Crippen LogP contribution in [-0.4, -0.2) is 11.5 Å². The van der Waals surface area contributed by atoms with Gasteiger partial charge in [0.1, 0.15) is 0 Å². The fourth-order valence-electron chi connectivity index (χ4n) is 2.81.